The van der Waals surface area contributed by atoms with Crippen LogP contribution in [0.2, 0.25) is 0 Å². The van der Waals surface area contributed by atoms with Crippen molar-refractivity contribution in [3.05, 3.63) is 190 Å². The van der Waals surface area contributed by atoms with Gasteiger partial charge in [0.05, 0.1) is 4.92 Å². The normalized spacial score (nSPS) is 10.7. The van der Waals surface area contributed by atoms with Crippen LogP contribution >= 0.6 is 0 Å². The van der Waals surface area contributed by atoms with Crippen LogP contribution < -0.4 is 5.73 Å². The second-order valence-electron chi connectivity index (χ2n) is 10.0. The summed E-state index contributed by atoms with van der Waals surface area (Å²) in [7, 11) is 0. The maximum atomic E-state index is 11.4. The van der Waals surface area contributed by atoms with E-state index in [4.69, 9.17) is 5.73 Å². The third-order valence-corrected chi connectivity index (χ3v) is 7.36. The molecule has 6 aromatic carbocycles. The molecule has 42 heavy (non-hydrogen) atoms. The molecule has 0 saturated carbocycles. The Morgan fingerprint density at radius 1 is 0.476 bits per heavy atom. The summed E-state index contributed by atoms with van der Waals surface area (Å²) < 4.78 is 0. The van der Waals surface area contributed by atoms with Crippen LogP contribution in [0.4, 0.5) is 11.4 Å². The molecule has 6 rings (SSSR count). The lowest BCUT2D eigenvalue weighted by atomic mass is 9.83. The molecule has 0 heterocycles. The van der Waals surface area contributed by atoms with E-state index in [1.807, 2.05) is 54.6 Å². The molecule has 0 amide bonds. The molecule has 0 aliphatic heterocycles. The predicted octanol–water partition coefficient (Wildman–Crippen LogP) is 9.52. The van der Waals surface area contributed by atoms with Crippen molar-refractivity contribution in [2.24, 2.45) is 0 Å². The van der Waals surface area contributed by atoms with Gasteiger partial charge in [0.2, 0.25) is 0 Å². The molecule has 0 aliphatic rings. The predicted molar refractivity (Wildman–Crippen MR) is 173 cm³/mol. The molecule has 2 N–H and O–H groups in total. The molecule has 4 heteroatoms. The van der Waals surface area contributed by atoms with Crippen LogP contribution in [0.3, 0.4) is 0 Å². The maximum absolute atomic E-state index is 11.4. The first-order valence-corrected chi connectivity index (χ1v) is 13.7. The van der Waals surface area contributed by atoms with Gasteiger partial charge in [0, 0.05) is 17.8 Å². The summed E-state index contributed by atoms with van der Waals surface area (Å²) in [6.45, 7) is 0. The van der Waals surface area contributed by atoms with Gasteiger partial charge in [-0.2, -0.15) is 0 Å². The Bertz CT molecular complexity index is 1820. The van der Waals surface area contributed by atoms with Gasteiger partial charge in [-0.25, -0.2) is 0 Å². The van der Waals surface area contributed by atoms with Gasteiger partial charge in [0.15, 0.2) is 0 Å². The highest BCUT2D eigenvalue weighted by atomic mass is 16.6. The fourth-order valence-corrected chi connectivity index (χ4v) is 5.34. The van der Waals surface area contributed by atoms with Crippen LogP contribution in [0.25, 0.3) is 33.4 Å². The number of nitrogen functional groups attached to an aromatic ring is 1. The van der Waals surface area contributed by atoms with E-state index in [1.165, 1.54) is 0 Å². The lowest BCUT2D eigenvalue weighted by molar-refractivity contribution is -0.384. The summed E-state index contributed by atoms with van der Waals surface area (Å²) in [5.41, 5.74) is 17.2. The van der Waals surface area contributed by atoms with E-state index in [2.05, 4.69) is 91.0 Å². The van der Waals surface area contributed by atoms with Gasteiger partial charge < -0.3 is 5.73 Å². The number of nitro groups is 1. The Hall–Kier alpha value is -5.74. The molecule has 202 valence electrons. The monoisotopic (exact) mass is 544 g/mol. The number of anilines is 1. The van der Waals surface area contributed by atoms with Crippen LogP contribution in [0.5, 0.6) is 0 Å². The first-order chi connectivity index (χ1) is 20.6. The molecule has 0 aromatic heterocycles. The van der Waals surface area contributed by atoms with Crippen molar-refractivity contribution in [1.29, 1.82) is 0 Å². The highest BCUT2D eigenvalue weighted by Gasteiger charge is 2.19. The van der Waals surface area contributed by atoms with Gasteiger partial charge in [0.25, 0.3) is 5.69 Å². The molecule has 0 spiro atoms. The Labute approximate surface area is 245 Å². The first-order valence-electron chi connectivity index (χ1n) is 13.7. The number of non-ortho nitro benzene ring substituents is 1. The molecule has 4 nitrogen and oxygen atoms in total. The smallest absolute Gasteiger partial charge is 0.269 e. The molecule has 0 radical (unpaired) electrons. The summed E-state index contributed by atoms with van der Waals surface area (Å²) >= 11 is 0. The minimum Gasteiger partial charge on any atom is -0.399 e. The molecular formula is C38H28N2O2. The zero-order chi connectivity index (χ0) is 28.9. The van der Waals surface area contributed by atoms with E-state index in [0.29, 0.717) is 5.69 Å². The lowest BCUT2D eigenvalue weighted by Crippen LogP contribution is -1.98. The highest BCUT2D eigenvalue weighted by molar-refractivity contribution is 6.05. The van der Waals surface area contributed by atoms with E-state index < -0.39 is 0 Å². The number of nitrogens with zero attached hydrogens (tertiary/aromatic N) is 1. The summed E-state index contributed by atoms with van der Waals surface area (Å²) in [6, 6.07) is 52.3. The topological polar surface area (TPSA) is 69.2 Å². The van der Waals surface area contributed by atoms with E-state index in [9.17, 15) is 10.1 Å². The van der Waals surface area contributed by atoms with Gasteiger partial charge in [-0.1, -0.05) is 115 Å². The second kappa shape index (κ2) is 11.8. The maximum Gasteiger partial charge on any atom is 0.269 e. The van der Waals surface area contributed by atoms with Gasteiger partial charge in [-0.05, 0) is 86.0 Å². The molecule has 6 aromatic rings. The zero-order valence-electron chi connectivity index (χ0n) is 22.9. The Morgan fingerprint density at radius 3 is 1.38 bits per heavy atom. The summed E-state index contributed by atoms with van der Waals surface area (Å²) in [5, 5.41) is 11.4. The van der Waals surface area contributed by atoms with Gasteiger partial charge >= 0.3 is 0 Å². The zero-order valence-corrected chi connectivity index (χ0v) is 22.9. The van der Waals surface area contributed by atoms with Crippen LogP contribution in [-0.2, 0) is 0 Å². The average Bonchev–Trinajstić information content (AvgIpc) is 3.05. The van der Waals surface area contributed by atoms with Crippen molar-refractivity contribution in [3.8, 4) is 22.3 Å². The van der Waals surface area contributed by atoms with Crippen molar-refractivity contribution in [1.82, 2.24) is 0 Å². The molecule has 0 bridgehead atoms. The number of hydrogen-bond acceptors (Lipinski definition) is 3. The Balaban J connectivity index is 1.66. The van der Waals surface area contributed by atoms with Crippen LogP contribution in [0.1, 0.15) is 22.3 Å². The van der Waals surface area contributed by atoms with E-state index >= 15 is 0 Å². The fraction of sp³-hybridized carbons (Fsp3) is 0. The van der Waals surface area contributed by atoms with Crippen molar-refractivity contribution < 1.29 is 4.92 Å². The molecule has 0 atom stereocenters. The van der Waals surface area contributed by atoms with Gasteiger partial charge in [-0.3, -0.25) is 10.1 Å². The first kappa shape index (κ1) is 26.5. The second-order valence-corrected chi connectivity index (χ2v) is 10.0. The Morgan fingerprint density at radius 2 is 0.905 bits per heavy atom. The number of benzene rings is 6. The largest absolute Gasteiger partial charge is 0.399 e. The number of nitro benzene ring substituents is 1. The van der Waals surface area contributed by atoms with Crippen LogP contribution in [0, 0.1) is 10.1 Å². The fourth-order valence-electron chi connectivity index (χ4n) is 5.34. The van der Waals surface area contributed by atoms with Crippen molar-refractivity contribution in [3.63, 3.8) is 0 Å². The van der Waals surface area contributed by atoms with Gasteiger partial charge in [0.1, 0.15) is 0 Å². The highest BCUT2D eigenvalue weighted by Crippen LogP contribution is 2.41. The van der Waals surface area contributed by atoms with Crippen molar-refractivity contribution in [2.45, 2.75) is 0 Å². The summed E-state index contributed by atoms with van der Waals surface area (Å²) in [4.78, 5) is 11.0. The average molecular weight is 545 g/mol. The minimum absolute atomic E-state index is 0.0595. The SMILES string of the molecule is Nc1ccc(-c2ccc(C(=C(c3ccccc3)c3ccccc3)c3ccccc3)cc2-c2ccc([N+](=O)[O-])cc2)cc1. The van der Waals surface area contributed by atoms with E-state index in [0.717, 1.165) is 55.7 Å². The lowest BCUT2D eigenvalue weighted by Gasteiger charge is -2.20. The van der Waals surface area contributed by atoms with Crippen molar-refractivity contribution >= 4 is 22.5 Å². The standard InChI is InChI=1S/C38H28N2O2/c39-33-21-16-27(17-22-33)35-25-20-32(26-36(35)28-18-23-34(24-19-28)40(41)42)38(31-14-8-3-9-15-31)37(29-10-4-1-5-11-29)30-12-6-2-7-13-30/h1-26H,39H2. The molecule has 0 saturated heterocycles. The van der Waals surface area contributed by atoms with E-state index in [-0.39, 0.29) is 10.6 Å². The molecule has 0 fully saturated rings. The number of hydrogen-bond donors (Lipinski definition) is 1. The summed E-state index contributed by atoms with van der Waals surface area (Å²) in [6.07, 6.45) is 0. The van der Waals surface area contributed by atoms with Crippen LogP contribution in [0.15, 0.2) is 158 Å². The third kappa shape index (κ3) is 5.47. The molecule has 0 aliphatic carbocycles. The molecular weight excluding hydrogens is 516 g/mol. The summed E-state index contributed by atoms with van der Waals surface area (Å²) in [5.74, 6) is 0. The van der Waals surface area contributed by atoms with Crippen molar-refractivity contribution in [2.75, 3.05) is 5.73 Å². The number of rotatable bonds is 7. The number of nitrogens with two attached hydrogens (primary N) is 1. The van der Waals surface area contributed by atoms with Crippen LogP contribution in [-0.4, -0.2) is 4.92 Å². The van der Waals surface area contributed by atoms with E-state index in [1.54, 1.807) is 12.1 Å². The Kier molecular flexibility index (Phi) is 7.43. The van der Waals surface area contributed by atoms with Gasteiger partial charge in [-0.15, -0.1) is 0 Å². The molecule has 0 unspecified atom stereocenters. The minimum atomic E-state index is -0.372. The quantitative estimate of drug-likeness (QED) is 0.0941. The third-order valence-electron chi connectivity index (χ3n) is 7.36.